The Balaban J connectivity index is 3.79. The summed E-state index contributed by atoms with van der Waals surface area (Å²) >= 11 is 0. The van der Waals surface area contributed by atoms with E-state index in [1.165, 1.54) is 7.11 Å². The molecule has 1 atom stereocenters. The highest BCUT2D eigenvalue weighted by Gasteiger charge is 2.32. The van der Waals surface area contributed by atoms with E-state index in [9.17, 15) is 18.0 Å². The summed E-state index contributed by atoms with van der Waals surface area (Å²) in [4.78, 5) is 11.4. The maximum absolute atomic E-state index is 11.8. The van der Waals surface area contributed by atoms with Gasteiger partial charge in [-0.15, -0.1) is 0 Å². The number of ether oxygens (including phenoxy) is 2. The number of methoxy groups -OCH3 is 1. The van der Waals surface area contributed by atoms with E-state index in [-0.39, 0.29) is 19.6 Å². The lowest BCUT2D eigenvalue weighted by atomic mass is 9.99. The number of halogens is 3. The van der Waals surface area contributed by atoms with Crippen molar-refractivity contribution in [3.8, 4) is 0 Å². The predicted octanol–water partition coefficient (Wildman–Crippen LogP) is 1.89. The van der Waals surface area contributed by atoms with Crippen LogP contribution in [0, 0.1) is 0 Å². The Morgan fingerprint density at radius 1 is 1.22 bits per heavy atom. The van der Waals surface area contributed by atoms with Crippen molar-refractivity contribution in [2.24, 2.45) is 0 Å². The van der Waals surface area contributed by atoms with Gasteiger partial charge >= 0.3 is 12.1 Å². The molecule has 0 saturated heterocycles. The normalized spacial score (nSPS) is 15.2. The maximum Gasteiger partial charge on any atom is 0.389 e. The number of nitrogens with one attached hydrogen (secondary N) is 1. The molecule has 0 saturated carbocycles. The molecule has 0 aromatic rings. The molecule has 0 radical (unpaired) electrons. The van der Waals surface area contributed by atoms with E-state index in [1.807, 2.05) is 0 Å². The zero-order chi connectivity index (χ0) is 14.2. The van der Waals surface area contributed by atoms with E-state index in [2.05, 4.69) is 10.1 Å². The first kappa shape index (κ1) is 17.2. The molecule has 0 aromatic heterocycles. The van der Waals surface area contributed by atoms with Gasteiger partial charge in [-0.05, 0) is 26.8 Å². The van der Waals surface area contributed by atoms with E-state index in [0.29, 0.717) is 6.42 Å². The zero-order valence-electron chi connectivity index (χ0n) is 10.9. The Morgan fingerprint density at radius 2 is 1.83 bits per heavy atom. The molecular weight excluding hydrogens is 251 g/mol. The Bertz CT molecular complexity index is 258. The molecule has 0 aliphatic carbocycles. The fourth-order valence-corrected chi connectivity index (χ4v) is 1.31. The Kier molecular flexibility index (Phi) is 7.23. The molecule has 4 nitrogen and oxygen atoms in total. The van der Waals surface area contributed by atoms with Crippen molar-refractivity contribution >= 4 is 5.97 Å². The molecule has 0 fully saturated rings. The standard InChI is InChI=1S/C11H20F3NO3/c1-10(15-2,9(16)17-3)6-8-18-7-4-5-11(12,13)14/h15H,4-8H2,1-3H3. The third-order valence-corrected chi connectivity index (χ3v) is 2.68. The van der Waals surface area contributed by atoms with Crippen LogP contribution in [0.15, 0.2) is 0 Å². The number of likely N-dealkylation sites (N-methyl/N-ethyl adjacent to an activating group) is 1. The van der Waals surface area contributed by atoms with Crippen molar-refractivity contribution in [3.05, 3.63) is 0 Å². The van der Waals surface area contributed by atoms with Crippen molar-refractivity contribution < 1.29 is 27.4 Å². The summed E-state index contributed by atoms with van der Waals surface area (Å²) in [5.41, 5.74) is -0.876. The number of carbonyl (C=O) groups excluding carboxylic acids is 1. The Labute approximate surface area is 105 Å². The van der Waals surface area contributed by atoms with Crippen molar-refractivity contribution in [1.29, 1.82) is 0 Å². The molecule has 0 bridgehead atoms. The summed E-state index contributed by atoms with van der Waals surface area (Å²) in [5.74, 6) is -0.427. The second-order valence-electron chi connectivity index (χ2n) is 4.15. The lowest BCUT2D eigenvalue weighted by Crippen LogP contribution is -2.49. The molecule has 0 amide bonds. The topological polar surface area (TPSA) is 47.6 Å². The molecule has 0 spiro atoms. The van der Waals surface area contributed by atoms with Crippen molar-refractivity contribution in [2.75, 3.05) is 27.4 Å². The Hall–Kier alpha value is -0.820. The van der Waals surface area contributed by atoms with Gasteiger partial charge < -0.3 is 14.8 Å². The first-order chi connectivity index (χ1) is 8.25. The van der Waals surface area contributed by atoms with Crippen LogP contribution >= 0.6 is 0 Å². The van der Waals surface area contributed by atoms with Crippen LogP contribution in [-0.4, -0.2) is 45.1 Å². The number of hydrogen-bond donors (Lipinski definition) is 1. The van der Waals surface area contributed by atoms with Crippen LogP contribution in [0.2, 0.25) is 0 Å². The van der Waals surface area contributed by atoms with E-state index in [1.54, 1.807) is 14.0 Å². The van der Waals surface area contributed by atoms with Crippen molar-refractivity contribution in [1.82, 2.24) is 5.32 Å². The van der Waals surface area contributed by atoms with E-state index < -0.39 is 24.1 Å². The second-order valence-corrected chi connectivity index (χ2v) is 4.15. The molecular formula is C11H20F3NO3. The van der Waals surface area contributed by atoms with Crippen LogP contribution in [0.25, 0.3) is 0 Å². The van der Waals surface area contributed by atoms with Gasteiger partial charge in [0, 0.05) is 19.6 Å². The maximum atomic E-state index is 11.8. The average Bonchev–Trinajstić information content (AvgIpc) is 2.30. The van der Waals surface area contributed by atoms with Crippen LogP contribution in [0.3, 0.4) is 0 Å². The van der Waals surface area contributed by atoms with E-state index in [0.717, 1.165) is 0 Å². The minimum absolute atomic E-state index is 0.0283. The fourth-order valence-electron chi connectivity index (χ4n) is 1.31. The molecule has 0 aromatic carbocycles. The molecule has 1 unspecified atom stereocenters. The molecule has 108 valence electrons. The summed E-state index contributed by atoms with van der Waals surface area (Å²) in [6.45, 7) is 1.88. The molecule has 1 N–H and O–H groups in total. The number of hydrogen-bond acceptors (Lipinski definition) is 4. The van der Waals surface area contributed by atoms with Crippen molar-refractivity contribution in [3.63, 3.8) is 0 Å². The average molecular weight is 271 g/mol. The summed E-state index contributed by atoms with van der Waals surface area (Å²) in [6.07, 6.45) is -4.73. The predicted molar refractivity (Wildman–Crippen MR) is 60.2 cm³/mol. The first-order valence-corrected chi connectivity index (χ1v) is 5.67. The summed E-state index contributed by atoms with van der Waals surface area (Å²) in [5, 5.41) is 2.81. The smallest absolute Gasteiger partial charge is 0.389 e. The number of rotatable bonds is 8. The zero-order valence-corrected chi connectivity index (χ0v) is 10.9. The number of alkyl halides is 3. The van der Waals surface area contributed by atoms with Gasteiger partial charge in [-0.3, -0.25) is 4.79 Å². The van der Waals surface area contributed by atoms with Gasteiger partial charge in [0.05, 0.1) is 7.11 Å². The largest absolute Gasteiger partial charge is 0.468 e. The lowest BCUT2D eigenvalue weighted by molar-refractivity contribution is -0.148. The summed E-state index contributed by atoms with van der Waals surface area (Å²) in [6, 6.07) is 0. The van der Waals surface area contributed by atoms with Gasteiger partial charge in [-0.1, -0.05) is 0 Å². The van der Waals surface area contributed by atoms with Crippen LogP contribution in [0.5, 0.6) is 0 Å². The highest BCUT2D eigenvalue weighted by Crippen LogP contribution is 2.21. The van der Waals surface area contributed by atoms with Gasteiger partial charge in [-0.2, -0.15) is 13.2 Å². The van der Waals surface area contributed by atoms with Crippen molar-refractivity contribution in [2.45, 2.75) is 37.9 Å². The monoisotopic (exact) mass is 271 g/mol. The van der Waals surface area contributed by atoms with Gasteiger partial charge in [0.1, 0.15) is 5.54 Å². The highest BCUT2D eigenvalue weighted by molar-refractivity contribution is 5.80. The quantitative estimate of drug-likeness (QED) is 0.541. The lowest BCUT2D eigenvalue weighted by Gasteiger charge is -2.25. The molecule has 0 aliphatic rings. The second kappa shape index (κ2) is 7.58. The number of carbonyl (C=O) groups is 1. The summed E-state index contributed by atoms with van der Waals surface area (Å²) in [7, 11) is 2.89. The third-order valence-electron chi connectivity index (χ3n) is 2.68. The Morgan fingerprint density at radius 3 is 2.28 bits per heavy atom. The van der Waals surface area contributed by atoms with Gasteiger partial charge in [-0.25, -0.2) is 0 Å². The molecule has 0 aliphatic heterocycles. The van der Waals surface area contributed by atoms with Gasteiger partial charge in [0.15, 0.2) is 0 Å². The van der Waals surface area contributed by atoms with E-state index in [4.69, 9.17) is 4.74 Å². The SMILES string of the molecule is CNC(C)(CCOCCCC(F)(F)F)C(=O)OC. The fraction of sp³-hybridized carbons (Fsp3) is 0.909. The van der Waals surface area contributed by atoms with Gasteiger partial charge in [0.2, 0.25) is 0 Å². The molecule has 18 heavy (non-hydrogen) atoms. The molecule has 7 heteroatoms. The molecule has 0 rings (SSSR count). The minimum Gasteiger partial charge on any atom is -0.468 e. The third kappa shape index (κ3) is 6.80. The number of esters is 1. The van der Waals surface area contributed by atoms with E-state index >= 15 is 0 Å². The first-order valence-electron chi connectivity index (χ1n) is 5.67. The minimum atomic E-state index is -4.14. The van der Waals surface area contributed by atoms with Gasteiger partial charge in [0.25, 0.3) is 0 Å². The molecule has 0 heterocycles. The van der Waals surface area contributed by atoms with Crippen LogP contribution in [0.4, 0.5) is 13.2 Å². The van der Waals surface area contributed by atoms with Crippen LogP contribution < -0.4 is 5.32 Å². The van der Waals surface area contributed by atoms with Crippen LogP contribution in [-0.2, 0) is 14.3 Å². The van der Waals surface area contributed by atoms with Crippen LogP contribution in [0.1, 0.15) is 26.2 Å². The summed E-state index contributed by atoms with van der Waals surface area (Å²) < 4.78 is 45.2. The highest BCUT2D eigenvalue weighted by atomic mass is 19.4.